The summed E-state index contributed by atoms with van der Waals surface area (Å²) in [6.45, 7) is 5.12. The molecule has 0 amide bonds. The van der Waals surface area contributed by atoms with E-state index in [1.807, 2.05) is 0 Å². The summed E-state index contributed by atoms with van der Waals surface area (Å²) in [5.74, 6) is 0.945. The van der Waals surface area contributed by atoms with Crippen molar-refractivity contribution in [2.24, 2.45) is 11.7 Å². The van der Waals surface area contributed by atoms with E-state index in [-0.39, 0.29) is 5.54 Å². The van der Waals surface area contributed by atoms with Gasteiger partial charge in [-0.2, -0.15) is 0 Å². The first-order valence-corrected chi connectivity index (χ1v) is 8.23. The maximum atomic E-state index is 6.15. The Hall–Kier alpha value is -0.120. The molecule has 1 atom stereocenters. The standard InChI is InChI=1S/C16H32N2O/c1-3-5-14-7-9-16(13-17,10-8-14)18(2)12-15-6-4-11-19-15/h14-15H,3-13,17H2,1-2H3. The molecular formula is C16H32N2O. The number of hydrogen-bond acceptors (Lipinski definition) is 3. The van der Waals surface area contributed by atoms with Crippen LogP contribution in [-0.4, -0.2) is 43.3 Å². The Morgan fingerprint density at radius 2 is 2.00 bits per heavy atom. The molecule has 1 heterocycles. The van der Waals surface area contributed by atoms with E-state index < -0.39 is 0 Å². The summed E-state index contributed by atoms with van der Waals surface area (Å²) < 4.78 is 5.78. The number of likely N-dealkylation sites (N-methyl/N-ethyl adjacent to an activating group) is 1. The number of hydrogen-bond donors (Lipinski definition) is 1. The Morgan fingerprint density at radius 1 is 1.26 bits per heavy atom. The SMILES string of the molecule is CCCC1CCC(CN)(N(C)CC2CCCO2)CC1. The minimum atomic E-state index is 0.246. The molecule has 112 valence electrons. The molecule has 2 rings (SSSR count). The minimum absolute atomic E-state index is 0.246. The average Bonchev–Trinajstić information content (AvgIpc) is 2.93. The maximum Gasteiger partial charge on any atom is 0.0702 e. The van der Waals surface area contributed by atoms with Gasteiger partial charge in [-0.1, -0.05) is 19.8 Å². The van der Waals surface area contributed by atoms with Crippen molar-refractivity contribution in [2.45, 2.75) is 69.9 Å². The molecule has 0 bridgehead atoms. The molecule has 0 aromatic carbocycles. The topological polar surface area (TPSA) is 38.5 Å². The molecule has 0 spiro atoms. The van der Waals surface area contributed by atoms with E-state index >= 15 is 0 Å². The maximum absolute atomic E-state index is 6.15. The zero-order valence-electron chi connectivity index (χ0n) is 12.9. The van der Waals surface area contributed by atoms with Crippen LogP contribution in [0.15, 0.2) is 0 Å². The fourth-order valence-corrected chi connectivity index (χ4v) is 3.94. The van der Waals surface area contributed by atoms with Crippen molar-refractivity contribution in [3.05, 3.63) is 0 Å². The number of rotatable bonds is 6. The minimum Gasteiger partial charge on any atom is -0.377 e. The third-order valence-corrected chi connectivity index (χ3v) is 5.42. The molecule has 1 saturated carbocycles. The zero-order chi connectivity index (χ0) is 13.7. The van der Waals surface area contributed by atoms with E-state index in [1.165, 1.54) is 51.4 Å². The second-order valence-electron chi connectivity index (χ2n) is 6.68. The molecule has 19 heavy (non-hydrogen) atoms. The fourth-order valence-electron chi connectivity index (χ4n) is 3.94. The first-order valence-electron chi connectivity index (χ1n) is 8.23. The number of ether oxygens (including phenoxy) is 1. The third kappa shape index (κ3) is 3.71. The molecule has 1 saturated heterocycles. The molecule has 1 aliphatic carbocycles. The van der Waals surface area contributed by atoms with E-state index in [4.69, 9.17) is 10.5 Å². The van der Waals surface area contributed by atoms with Gasteiger partial charge in [0.25, 0.3) is 0 Å². The molecule has 0 radical (unpaired) electrons. The fraction of sp³-hybridized carbons (Fsp3) is 1.00. The van der Waals surface area contributed by atoms with Crippen molar-refractivity contribution in [1.29, 1.82) is 0 Å². The highest BCUT2D eigenvalue weighted by atomic mass is 16.5. The van der Waals surface area contributed by atoms with Crippen LogP contribution < -0.4 is 5.73 Å². The van der Waals surface area contributed by atoms with E-state index in [2.05, 4.69) is 18.9 Å². The molecule has 0 aromatic rings. The number of nitrogens with zero attached hydrogens (tertiary/aromatic N) is 1. The van der Waals surface area contributed by atoms with Gasteiger partial charge >= 0.3 is 0 Å². The van der Waals surface area contributed by atoms with Gasteiger partial charge in [0.2, 0.25) is 0 Å². The van der Waals surface area contributed by atoms with E-state index in [0.29, 0.717) is 6.10 Å². The van der Waals surface area contributed by atoms with Crippen LogP contribution in [0.3, 0.4) is 0 Å². The first-order chi connectivity index (χ1) is 9.20. The molecular weight excluding hydrogens is 236 g/mol. The Labute approximate surface area is 118 Å². The van der Waals surface area contributed by atoms with Crippen LogP contribution in [0.2, 0.25) is 0 Å². The molecule has 1 unspecified atom stereocenters. The highest BCUT2D eigenvalue weighted by molar-refractivity contribution is 4.95. The van der Waals surface area contributed by atoms with Crippen molar-refractivity contribution in [1.82, 2.24) is 4.90 Å². The monoisotopic (exact) mass is 268 g/mol. The Morgan fingerprint density at radius 3 is 2.53 bits per heavy atom. The summed E-state index contributed by atoms with van der Waals surface area (Å²) >= 11 is 0. The van der Waals surface area contributed by atoms with Gasteiger partial charge in [0.1, 0.15) is 0 Å². The molecule has 3 nitrogen and oxygen atoms in total. The van der Waals surface area contributed by atoms with Crippen LogP contribution in [-0.2, 0) is 4.74 Å². The van der Waals surface area contributed by atoms with E-state index in [1.54, 1.807) is 0 Å². The van der Waals surface area contributed by atoms with Gasteiger partial charge < -0.3 is 10.5 Å². The van der Waals surface area contributed by atoms with E-state index in [0.717, 1.165) is 25.6 Å². The summed E-state index contributed by atoms with van der Waals surface area (Å²) in [7, 11) is 2.26. The van der Waals surface area contributed by atoms with Gasteiger partial charge in [0, 0.05) is 25.2 Å². The Bertz CT molecular complexity index is 255. The summed E-state index contributed by atoms with van der Waals surface area (Å²) in [5, 5.41) is 0. The van der Waals surface area contributed by atoms with E-state index in [9.17, 15) is 0 Å². The highest BCUT2D eigenvalue weighted by Crippen LogP contribution is 2.37. The lowest BCUT2D eigenvalue weighted by molar-refractivity contribution is 0.0122. The molecule has 2 fully saturated rings. The van der Waals surface area contributed by atoms with Crippen molar-refractivity contribution in [3.8, 4) is 0 Å². The average molecular weight is 268 g/mol. The molecule has 0 aromatic heterocycles. The van der Waals surface area contributed by atoms with Crippen LogP contribution >= 0.6 is 0 Å². The second-order valence-corrected chi connectivity index (χ2v) is 6.68. The molecule has 3 heteroatoms. The van der Waals surface area contributed by atoms with Crippen LogP contribution in [0.1, 0.15) is 58.3 Å². The normalized spacial score (nSPS) is 36.0. The van der Waals surface area contributed by atoms with Gasteiger partial charge in [-0.05, 0) is 51.5 Å². The highest BCUT2D eigenvalue weighted by Gasteiger charge is 2.38. The van der Waals surface area contributed by atoms with Crippen LogP contribution in [0, 0.1) is 5.92 Å². The van der Waals surface area contributed by atoms with Crippen molar-refractivity contribution in [2.75, 3.05) is 26.7 Å². The lowest BCUT2D eigenvalue weighted by Gasteiger charge is -2.46. The third-order valence-electron chi connectivity index (χ3n) is 5.42. The van der Waals surface area contributed by atoms with Crippen LogP contribution in [0.25, 0.3) is 0 Å². The Balaban J connectivity index is 1.87. The van der Waals surface area contributed by atoms with Gasteiger partial charge in [-0.25, -0.2) is 0 Å². The van der Waals surface area contributed by atoms with Gasteiger partial charge in [-0.3, -0.25) is 4.90 Å². The predicted octanol–water partition coefficient (Wildman–Crippen LogP) is 2.79. The first kappa shape index (κ1) is 15.3. The molecule has 1 aliphatic heterocycles. The molecule has 2 N–H and O–H groups in total. The summed E-state index contributed by atoms with van der Waals surface area (Å²) in [5.41, 5.74) is 6.40. The zero-order valence-corrected chi connectivity index (χ0v) is 12.9. The van der Waals surface area contributed by atoms with Gasteiger partial charge in [-0.15, -0.1) is 0 Å². The smallest absolute Gasteiger partial charge is 0.0702 e. The summed E-state index contributed by atoms with van der Waals surface area (Å²) in [4.78, 5) is 2.52. The largest absolute Gasteiger partial charge is 0.377 e. The predicted molar refractivity (Wildman–Crippen MR) is 80.3 cm³/mol. The van der Waals surface area contributed by atoms with Crippen molar-refractivity contribution in [3.63, 3.8) is 0 Å². The van der Waals surface area contributed by atoms with Crippen LogP contribution in [0.4, 0.5) is 0 Å². The lowest BCUT2D eigenvalue weighted by atomic mass is 9.74. The van der Waals surface area contributed by atoms with Gasteiger partial charge in [0.05, 0.1) is 6.10 Å². The lowest BCUT2D eigenvalue weighted by Crippen LogP contribution is -2.55. The van der Waals surface area contributed by atoms with Gasteiger partial charge in [0.15, 0.2) is 0 Å². The summed E-state index contributed by atoms with van der Waals surface area (Å²) in [6.07, 6.45) is 10.9. The van der Waals surface area contributed by atoms with Crippen molar-refractivity contribution < 1.29 is 4.74 Å². The Kier molecular flexibility index (Phi) is 5.67. The van der Waals surface area contributed by atoms with Crippen LogP contribution in [0.5, 0.6) is 0 Å². The quantitative estimate of drug-likeness (QED) is 0.805. The van der Waals surface area contributed by atoms with Crippen molar-refractivity contribution >= 4 is 0 Å². The number of nitrogens with two attached hydrogens (primary N) is 1. The second kappa shape index (κ2) is 7.05. The summed E-state index contributed by atoms with van der Waals surface area (Å²) in [6, 6.07) is 0. The molecule has 2 aliphatic rings.